The summed E-state index contributed by atoms with van der Waals surface area (Å²) in [4.78, 5) is 48.0. The van der Waals surface area contributed by atoms with E-state index in [-0.39, 0.29) is 24.6 Å². The monoisotopic (exact) mass is 526 g/mol. The number of ether oxygens (including phenoxy) is 2. The van der Waals surface area contributed by atoms with Gasteiger partial charge in [-0.2, -0.15) is 0 Å². The van der Waals surface area contributed by atoms with Gasteiger partial charge in [0.1, 0.15) is 12.0 Å². The number of aromatic amines is 1. The van der Waals surface area contributed by atoms with Crippen LogP contribution in [0, 0.1) is 23.0 Å². The second kappa shape index (κ2) is 11.6. The molecule has 2 N–H and O–H groups in total. The number of carbonyl (C=O) groups is 1. The minimum atomic E-state index is -4.08. The van der Waals surface area contributed by atoms with Crippen molar-refractivity contribution in [2.75, 3.05) is 20.3 Å². The van der Waals surface area contributed by atoms with E-state index in [1.165, 1.54) is 42.1 Å². The predicted octanol–water partition coefficient (Wildman–Crippen LogP) is 2.03. The molecule has 0 amide bonds. The summed E-state index contributed by atoms with van der Waals surface area (Å²) in [5, 5.41) is 13.5. The van der Waals surface area contributed by atoms with Crippen LogP contribution in [0.4, 0.5) is 5.69 Å². The number of non-ortho nitro benzene ring substituents is 1. The molecule has 1 aromatic heterocycles. The molecule has 196 valence electrons. The van der Waals surface area contributed by atoms with Gasteiger partial charge in [-0.25, -0.2) is 14.4 Å². The number of hydrogen-bond donors (Lipinski definition) is 2. The molecule has 1 aliphatic heterocycles. The zero-order valence-corrected chi connectivity index (χ0v) is 20.8. The molecule has 1 saturated heterocycles. The van der Waals surface area contributed by atoms with Crippen LogP contribution in [-0.4, -0.2) is 46.8 Å². The summed E-state index contributed by atoms with van der Waals surface area (Å²) in [6.45, 7) is 2.84. The van der Waals surface area contributed by atoms with Crippen LogP contribution in [0.1, 0.15) is 31.6 Å². The minimum Gasteiger partial charge on any atom is -0.469 e. The topological polar surface area (TPSA) is 181 Å². The second-order valence-corrected chi connectivity index (χ2v) is 9.94. The summed E-state index contributed by atoms with van der Waals surface area (Å²) in [5.74, 6) is -1.16. The number of nitro groups is 1. The van der Waals surface area contributed by atoms with E-state index < -0.39 is 48.1 Å². The first-order chi connectivity index (χ1) is 17.0. The Kier molecular flexibility index (Phi) is 8.79. The van der Waals surface area contributed by atoms with Gasteiger partial charge in [-0.1, -0.05) is 6.92 Å². The first kappa shape index (κ1) is 27.3. The van der Waals surface area contributed by atoms with E-state index in [9.17, 15) is 29.1 Å². The standard InChI is InChI=1S/C21H27N4O10P/c1-13(20(27)32-3)10-22-36(31,35-16-6-4-15(5-7-16)25(29)30)33-12-17-8-9-18(34-17)24-11-14(2)19(26)23-21(24)28/h4-7,11,13,17-18H,8-10,12H2,1-3H3,(H,22,31)(H,23,26,28)/t13?,17-,18+,36?/m0/s1. The average molecular weight is 526 g/mol. The normalized spacial score (nSPS) is 19.9. The summed E-state index contributed by atoms with van der Waals surface area (Å²) >= 11 is 0. The molecule has 1 aromatic carbocycles. The lowest BCUT2D eigenvalue weighted by molar-refractivity contribution is -0.384. The van der Waals surface area contributed by atoms with Gasteiger partial charge in [0, 0.05) is 30.4 Å². The van der Waals surface area contributed by atoms with Crippen molar-refractivity contribution in [3.8, 4) is 5.75 Å². The molecule has 15 heteroatoms. The third-order valence-corrected chi connectivity index (χ3v) is 6.95. The van der Waals surface area contributed by atoms with E-state index in [1.807, 2.05) is 0 Å². The highest BCUT2D eigenvalue weighted by Gasteiger charge is 2.33. The highest BCUT2D eigenvalue weighted by Crippen LogP contribution is 2.45. The molecule has 0 spiro atoms. The van der Waals surface area contributed by atoms with Gasteiger partial charge in [0.05, 0.1) is 30.7 Å². The highest BCUT2D eigenvalue weighted by molar-refractivity contribution is 7.52. The molecule has 1 aliphatic rings. The number of nitrogens with one attached hydrogen (secondary N) is 2. The Bertz CT molecular complexity index is 1260. The van der Waals surface area contributed by atoms with E-state index in [1.54, 1.807) is 13.8 Å². The molecule has 1 fully saturated rings. The Balaban J connectivity index is 1.69. The van der Waals surface area contributed by atoms with Gasteiger partial charge in [-0.15, -0.1) is 0 Å². The Labute approximate surface area is 205 Å². The second-order valence-electron chi connectivity index (χ2n) is 8.19. The fourth-order valence-corrected chi connectivity index (χ4v) is 4.87. The Hall–Kier alpha value is -3.32. The first-order valence-corrected chi connectivity index (χ1v) is 12.5. The van der Waals surface area contributed by atoms with Crippen molar-refractivity contribution in [3.05, 3.63) is 67.0 Å². The molecular weight excluding hydrogens is 499 g/mol. The van der Waals surface area contributed by atoms with Crippen LogP contribution in [0.15, 0.2) is 40.1 Å². The number of rotatable bonds is 11. The number of aromatic nitrogens is 2. The van der Waals surface area contributed by atoms with E-state index in [2.05, 4.69) is 14.8 Å². The quantitative estimate of drug-likeness (QED) is 0.189. The van der Waals surface area contributed by atoms with Crippen molar-refractivity contribution in [1.82, 2.24) is 14.6 Å². The van der Waals surface area contributed by atoms with Crippen molar-refractivity contribution < 1.29 is 32.8 Å². The molecule has 4 atom stereocenters. The first-order valence-electron chi connectivity index (χ1n) is 11.0. The molecular formula is C21H27N4O10P. The van der Waals surface area contributed by atoms with Crippen LogP contribution in [0.3, 0.4) is 0 Å². The number of nitrogens with zero attached hydrogens (tertiary/aromatic N) is 2. The minimum absolute atomic E-state index is 0.0441. The maximum absolute atomic E-state index is 13.5. The zero-order valence-electron chi connectivity index (χ0n) is 19.9. The van der Waals surface area contributed by atoms with Gasteiger partial charge in [-0.3, -0.25) is 33.8 Å². The molecule has 0 radical (unpaired) electrons. The lowest BCUT2D eigenvalue weighted by Gasteiger charge is -2.23. The molecule has 2 unspecified atom stereocenters. The van der Waals surface area contributed by atoms with Crippen molar-refractivity contribution in [3.63, 3.8) is 0 Å². The summed E-state index contributed by atoms with van der Waals surface area (Å²) < 4.78 is 36.4. The Morgan fingerprint density at radius 2 is 2.03 bits per heavy atom. The van der Waals surface area contributed by atoms with Crippen molar-refractivity contribution in [1.29, 1.82) is 0 Å². The average Bonchev–Trinajstić information content (AvgIpc) is 3.32. The van der Waals surface area contributed by atoms with Crippen LogP contribution < -0.4 is 20.9 Å². The van der Waals surface area contributed by atoms with Crippen LogP contribution in [0.5, 0.6) is 5.75 Å². The van der Waals surface area contributed by atoms with Crippen LogP contribution in [0.25, 0.3) is 0 Å². The Morgan fingerprint density at radius 3 is 2.67 bits per heavy atom. The molecule has 0 bridgehead atoms. The molecule has 0 saturated carbocycles. The number of H-pyrrole nitrogens is 1. The van der Waals surface area contributed by atoms with Crippen LogP contribution in [0.2, 0.25) is 0 Å². The number of methoxy groups -OCH3 is 1. The smallest absolute Gasteiger partial charge is 0.458 e. The van der Waals surface area contributed by atoms with Crippen LogP contribution in [-0.2, 0) is 23.4 Å². The SMILES string of the molecule is COC(=O)C(C)CNP(=O)(OC[C@@H]1CC[C@H](n2cc(C)c(=O)[nH]c2=O)O1)Oc1ccc([N+](=O)[O-])cc1. The number of nitro benzene ring substituents is 1. The summed E-state index contributed by atoms with van der Waals surface area (Å²) in [5.41, 5.74) is -0.917. The van der Waals surface area contributed by atoms with Crippen molar-refractivity contribution in [2.45, 2.75) is 39.0 Å². The van der Waals surface area contributed by atoms with E-state index in [4.69, 9.17) is 13.8 Å². The van der Waals surface area contributed by atoms with Crippen molar-refractivity contribution in [2.24, 2.45) is 5.92 Å². The van der Waals surface area contributed by atoms with E-state index in [0.29, 0.717) is 18.4 Å². The third-order valence-electron chi connectivity index (χ3n) is 5.44. The van der Waals surface area contributed by atoms with Gasteiger partial charge in [0.25, 0.3) is 11.2 Å². The fraction of sp³-hybridized carbons (Fsp3) is 0.476. The lowest BCUT2D eigenvalue weighted by Crippen LogP contribution is -2.33. The number of carbonyl (C=O) groups excluding carboxylic acids is 1. The molecule has 3 rings (SSSR count). The largest absolute Gasteiger partial charge is 0.469 e. The van der Waals surface area contributed by atoms with Crippen LogP contribution >= 0.6 is 7.75 Å². The highest BCUT2D eigenvalue weighted by atomic mass is 31.2. The van der Waals surface area contributed by atoms with E-state index >= 15 is 0 Å². The molecule has 2 aromatic rings. The van der Waals surface area contributed by atoms with Gasteiger partial charge in [-0.05, 0) is 31.9 Å². The van der Waals surface area contributed by atoms with Gasteiger partial charge < -0.3 is 14.0 Å². The molecule has 36 heavy (non-hydrogen) atoms. The van der Waals surface area contributed by atoms with Gasteiger partial charge in [0.15, 0.2) is 0 Å². The number of benzene rings is 1. The number of aryl methyl sites for hydroxylation is 1. The van der Waals surface area contributed by atoms with Gasteiger partial charge in [0.2, 0.25) is 0 Å². The number of esters is 1. The third kappa shape index (κ3) is 6.88. The number of hydrogen-bond acceptors (Lipinski definition) is 10. The lowest BCUT2D eigenvalue weighted by atomic mass is 10.2. The molecule has 2 heterocycles. The van der Waals surface area contributed by atoms with Gasteiger partial charge >= 0.3 is 19.4 Å². The summed E-state index contributed by atoms with van der Waals surface area (Å²) in [7, 11) is -2.85. The molecule has 14 nitrogen and oxygen atoms in total. The van der Waals surface area contributed by atoms with Crippen molar-refractivity contribution >= 4 is 19.4 Å². The maximum atomic E-state index is 13.5. The summed E-state index contributed by atoms with van der Waals surface area (Å²) in [6.07, 6.45) is 1.12. The predicted molar refractivity (Wildman–Crippen MR) is 126 cm³/mol. The Morgan fingerprint density at radius 1 is 1.33 bits per heavy atom. The molecule has 0 aliphatic carbocycles. The zero-order chi connectivity index (χ0) is 26.5. The van der Waals surface area contributed by atoms with E-state index in [0.717, 1.165) is 0 Å². The fourth-order valence-electron chi connectivity index (χ4n) is 3.40. The maximum Gasteiger partial charge on any atom is 0.458 e. The summed E-state index contributed by atoms with van der Waals surface area (Å²) in [6, 6.07) is 4.91.